The fraction of sp³-hybridized carbons (Fsp3) is 0.455. The van der Waals surface area contributed by atoms with E-state index in [1.54, 1.807) is 16.8 Å². The minimum atomic E-state index is -4.91. The third-order valence-electron chi connectivity index (χ3n) is 3.25. The van der Waals surface area contributed by atoms with Crippen LogP contribution in [0.25, 0.3) is 10.4 Å². The van der Waals surface area contributed by atoms with E-state index in [2.05, 4.69) is 14.5 Å². The number of pyridine rings is 1. The summed E-state index contributed by atoms with van der Waals surface area (Å²) in [6, 6.07) is 2.43. The number of phosphoric acid groups is 1. The molecule has 1 saturated heterocycles. The minimum Gasteiger partial charge on any atom is -0.756 e. The highest BCUT2D eigenvalue weighted by molar-refractivity contribution is 7.44. The van der Waals surface area contributed by atoms with Crippen LogP contribution in [0.15, 0.2) is 29.6 Å². The van der Waals surface area contributed by atoms with E-state index >= 15 is 0 Å². The van der Waals surface area contributed by atoms with Crippen LogP contribution in [-0.4, -0.2) is 29.6 Å². The molecule has 1 unspecified atom stereocenters. The van der Waals surface area contributed by atoms with Gasteiger partial charge in [-0.05, 0) is 11.6 Å². The van der Waals surface area contributed by atoms with Crippen LogP contribution >= 0.6 is 7.82 Å². The molecule has 0 aromatic carbocycles. The third-order valence-corrected chi connectivity index (χ3v) is 3.72. The number of phosphoric ester groups is 1. The molecular weight excluding hydrogens is 329 g/mol. The molecule has 0 bridgehead atoms. The summed E-state index contributed by atoms with van der Waals surface area (Å²) < 4.78 is 22.1. The molecular formula is C11H14N5O6P. The number of carbonyl (C=O) groups is 1. The number of aromatic nitrogens is 1. The number of primary amides is 1. The molecule has 0 radical (unpaired) electrons. The van der Waals surface area contributed by atoms with E-state index in [0.717, 1.165) is 0 Å². The minimum absolute atomic E-state index is 0.236. The normalized spacial score (nSPS) is 26.3. The van der Waals surface area contributed by atoms with Crippen molar-refractivity contribution in [2.45, 2.75) is 24.8 Å². The highest BCUT2D eigenvalue weighted by atomic mass is 31.2. The van der Waals surface area contributed by atoms with E-state index in [1.807, 2.05) is 0 Å². The van der Waals surface area contributed by atoms with E-state index in [4.69, 9.17) is 20.9 Å². The monoisotopic (exact) mass is 343 g/mol. The summed E-state index contributed by atoms with van der Waals surface area (Å²) in [6.07, 6.45) is 1.85. The maximum atomic E-state index is 11.2. The average Bonchev–Trinajstić information content (AvgIpc) is 2.88. The van der Waals surface area contributed by atoms with Crippen LogP contribution in [0.2, 0.25) is 0 Å². The molecule has 1 amide bonds. The zero-order valence-corrected chi connectivity index (χ0v) is 12.7. The molecule has 0 aliphatic carbocycles. The van der Waals surface area contributed by atoms with Gasteiger partial charge < -0.3 is 24.8 Å². The van der Waals surface area contributed by atoms with E-state index in [-0.39, 0.29) is 12.0 Å². The quantitative estimate of drug-likeness (QED) is 0.232. The van der Waals surface area contributed by atoms with Gasteiger partial charge in [0.05, 0.1) is 18.8 Å². The largest absolute Gasteiger partial charge is 0.756 e. The first-order valence-corrected chi connectivity index (χ1v) is 7.98. The number of ether oxygens (including phenoxy) is 1. The molecule has 3 N–H and O–H groups in total. The maximum Gasteiger partial charge on any atom is 0.265 e. The van der Waals surface area contributed by atoms with Gasteiger partial charge in [-0.3, -0.25) is 9.36 Å². The number of nitrogens with two attached hydrogens (primary N) is 1. The molecule has 1 aromatic rings. The van der Waals surface area contributed by atoms with Gasteiger partial charge in [-0.1, -0.05) is 5.11 Å². The molecule has 1 fully saturated rings. The maximum absolute atomic E-state index is 11.2. The molecule has 0 spiro atoms. The predicted molar refractivity (Wildman–Crippen MR) is 72.4 cm³/mol. The molecule has 12 heteroatoms. The third kappa shape index (κ3) is 4.73. The Morgan fingerprint density at radius 2 is 2.48 bits per heavy atom. The summed E-state index contributed by atoms with van der Waals surface area (Å²) in [5.41, 5.74) is 14.0. The fourth-order valence-electron chi connectivity index (χ4n) is 2.22. The van der Waals surface area contributed by atoms with Crippen molar-refractivity contribution < 1.29 is 33.0 Å². The first-order chi connectivity index (χ1) is 10.8. The van der Waals surface area contributed by atoms with Crippen molar-refractivity contribution in [3.8, 4) is 0 Å². The van der Waals surface area contributed by atoms with E-state index < -0.39 is 38.7 Å². The summed E-state index contributed by atoms with van der Waals surface area (Å²) in [6.45, 7) is -0.493. The van der Waals surface area contributed by atoms with Gasteiger partial charge in [-0.25, -0.2) is 0 Å². The number of hydrogen-bond donors (Lipinski definition) is 2. The van der Waals surface area contributed by atoms with Crippen molar-refractivity contribution in [2.24, 2.45) is 10.8 Å². The average molecular weight is 343 g/mol. The van der Waals surface area contributed by atoms with Gasteiger partial charge in [0.25, 0.3) is 20.0 Å². The van der Waals surface area contributed by atoms with Gasteiger partial charge in [-0.15, -0.1) is 0 Å². The van der Waals surface area contributed by atoms with Gasteiger partial charge in [0.2, 0.25) is 0 Å². The molecule has 2 heterocycles. The Balaban J connectivity index is 2.16. The van der Waals surface area contributed by atoms with Crippen LogP contribution in [0.5, 0.6) is 0 Å². The van der Waals surface area contributed by atoms with Gasteiger partial charge >= 0.3 is 0 Å². The Bertz CT molecular complexity index is 687. The van der Waals surface area contributed by atoms with Crippen LogP contribution in [0, 0.1) is 0 Å². The lowest BCUT2D eigenvalue weighted by molar-refractivity contribution is -0.759. The van der Waals surface area contributed by atoms with Crippen molar-refractivity contribution in [3.63, 3.8) is 0 Å². The first-order valence-electron chi connectivity index (χ1n) is 6.49. The number of carbonyl (C=O) groups excluding carboxylic acids is 1. The lowest BCUT2D eigenvalue weighted by Gasteiger charge is -2.19. The summed E-state index contributed by atoms with van der Waals surface area (Å²) in [5.74, 6) is -0.614. The standard InChI is InChI=1S/C11H14N5O6P/c12-11(17)7-2-1-3-16(5-7)10-4-8(14-15-13)9(22-10)6-21-23(18,19)20/h1-3,5,8-10H,4,6H2,(H3-,12,17,18,19,20)/t8-,9-,10+/m1/s1. The molecule has 23 heavy (non-hydrogen) atoms. The Labute approximate surface area is 130 Å². The Morgan fingerprint density at radius 1 is 1.74 bits per heavy atom. The van der Waals surface area contributed by atoms with Crippen molar-refractivity contribution in [1.29, 1.82) is 0 Å². The highest BCUT2D eigenvalue weighted by Crippen LogP contribution is 2.34. The topological polar surface area (TPSA) is 175 Å². The molecule has 4 atom stereocenters. The molecule has 11 nitrogen and oxygen atoms in total. The summed E-state index contributed by atoms with van der Waals surface area (Å²) >= 11 is 0. The van der Waals surface area contributed by atoms with Crippen molar-refractivity contribution in [2.75, 3.05) is 6.61 Å². The van der Waals surface area contributed by atoms with E-state index in [0.29, 0.717) is 0 Å². The van der Waals surface area contributed by atoms with Crippen molar-refractivity contribution >= 4 is 13.7 Å². The number of rotatable bonds is 6. The Morgan fingerprint density at radius 3 is 3.09 bits per heavy atom. The molecule has 1 aromatic heterocycles. The summed E-state index contributed by atoms with van der Waals surface area (Å²) in [5, 5.41) is 3.54. The molecule has 2 rings (SSSR count). The highest BCUT2D eigenvalue weighted by Gasteiger charge is 2.40. The second kappa shape index (κ2) is 7.05. The Kier molecular flexibility index (Phi) is 5.32. The van der Waals surface area contributed by atoms with Gasteiger partial charge in [0.1, 0.15) is 5.56 Å². The van der Waals surface area contributed by atoms with Crippen LogP contribution in [-0.2, 0) is 13.8 Å². The van der Waals surface area contributed by atoms with Gasteiger partial charge in [0, 0.05) is 17.4 Å². The number of hydrogen-bond acceptors (Lipinski definition) is 6. The predicted octanol–water partition coefficient (Wildman–Crippen LogP) is -0.483. The molecule has 0 saturated carbocycles. The smallest absolute Gasteiger partial charge is 0.265 e. The first kappa shape index (κ1) is 17.4. The van der Waals surface area contributed by atoms with Gasteiger partial charge in [-0.2, -0.15) is 4.57 Å². The SMILES string of the molecule is [N-]=[N+]=N[C@@H]1C[C@@H]([n+]2cccc(C(N)=O)c2)O[C@@H]1COP(=O)([O-])O. The zero-order chi connectivity index (χ0) is 17.0. The fourth-order valence-corrected chi connectivity index (χ4v) is 2.56. The second-order valence-corrected chi connectivity index (χ2v) is 6.00. The van der Waals surface area contributed by atoms with Crippen LogP contribution in [0.1, 0.15) is 23.0 Å². The number of azide groups is 1. The molecule has 1 aliphatic heterocycles. The molecule has 1 aliphatic rings. The van der Waals surface area contributed by atoms with E-state index in [9.17, 15) is 14.3 Å². The lowest BCUT2D eigenvalue weighted by Crippen LogP contribution is -2.40. The van der Waals surface area contributed by atoms with E-state index in [1.165, 1.54) is 12.3 Å². The summed E-state index contributed by atoms with van der Waals surface area (Å²) in [7, 11) is -4.91. The van der Waals surface area contributed by atoms with Crippen LogP contribution in [0.4, 0.5) is 0 Å². The van der Waals surface area contributed by atoms with Crippen LogP contribution < -0.4 is 15.2 Å². The number of amides is 1. The zero-order valence-electron chi connectivity index (χ0n) is 11.8. The second-order valence-electron chi connectivity index (χ2n) is 4.81. The number of nitrogens with zero attached hydrogens (tertiary/aromatic N) is 4. The van der Waals surface area contributed by atoms with Gasteiger partial charge in [0.15, 0.2) is 12.4 Å². The summed E-state index contributed by atoms with van der Waals surface area (Å²) in [4.78, 5) is 33.2. The lowest BCUT2D eigenvalue weighted by atomic mass is 10.1. The van der Waals surface area contributed by atoms with Crippen LogP contribution in [0.3, 0.4) is 0 Å². The molecule has 124 valence electrons. The Hall–Kier alpha value is -2.00. The van der Waals surface area contributed by atoms with Crippen molar-refractivity contribution in [1.82, 2.24) is 0 Å². The van der Waals surface area contributed by atoms with Crippen molar-refractivity contribution in [3.05, 3.63) is 40.5 Å².